The van der Waals surface area contributed by atoms with Gasteiger partial charge in [-0.15, -0.1) is 0 Å². The number of benzene rings is 2. The van der Waals surface area contributed by atoms with Crippen molar-refractivity contribution < 1.29 is 23.9 Å². The van der Waals surface area contributed by atoms with Gasteiger partial charge in [-0.1, -0.05) is 49.7 Å². The summed E-state index contributed by atoms with van der Waals surface area (Å²) in [6.07, 6.45) is -1.15. The highest BCUT2D eigenvalue weighted by atomic mass is 35.5. The number of nitrogens with two attached hydrogens (primary N) is 1. The molecule has 3 amide bonds. The number of amides is 3. The first-order valence-electron chi connectivity index (χ1n) is 7.89. The number of primary amides is 1. The molecule has 2 rings (SSSR count). The third-order valence-corrected chi connectivity index (χ3v) is 3.87. The summed E-state index contributed by atoms with van der Waals surface area (Å²) in [4.78, 5) is 34.7. The maximum absolute atomic E-state index is 12.1. The molecule has 0 bridgehead atoms. The molecule has 7 nitrogen and oxygen atoms in total. The average molecular weight is 379 g/mol. The minimum atomic E-state index is -1.15. The number of carbonyl (C=O) groups excluding carboxylic acids is 3. The Balaban J connectivity index is 2.05. The van der Waals surface area contributed by atoms with Crippen LogP contribution in [-0.2, 0) is 14.3 Å². The Morgan fingerprint density at radius 3 is 2.38 bits per heavy atom. The van der Waals surface area contributed by atoms with E-state index in [-0.39, 0.29) is 5.92 Å². The standard InChI is InChI=1S/C18H19ClN2O5/c1-10(2)16(17(23)21-18(20)24)26-15(22)9-25-14-8-7-13(19)11-5-3-4-6-12(11)14/h3-8,10,16H,9H2,1-2H3,(H3,20,21,23,24)/t16-/m0/s1. The van der Waals surface area contributed by atoms with Crippen LogP contribution in [-0.4, -0.2) is 30.6 Å². The number of rotatable bonds is 6. The van der Waals surface area contributed by atoms with Gasteiger partial charge in [-0.05, 0) is 18.1 Å². The number of hydrogen-bond donors (Lipinski definition) is 2. The van der Waals surface area contributed by atoms with E-state index < -0.39 is 30.6 Å². The van der Waals surface area contributed by atoms with E-state index in [4.69, 9.17) is 26.8 Å². The van der Waals surface area contributed by atoms with Gasteiger partial charge in [0.15, 0.2) is 12.7 Å². The Hall–Kier alpha value is -2.80. The van der Waals surface area contributed by atoms with E-state index in [1.54, 1.807) is 26.0 Å². The summed E-state index contributed by atoms with van der Waals surface area (Å²) in [5.74, 6) is -1.42. The molecule has 0 aliphatic rings. The Labute approximate surface area is 155 Å². The van der Waals surface area contributed by atoms with E-state index in [0.29, 0.717) is 10.8 Å². The van der Waals surface area contributed by atoms with E-state index in [9.17, 15) is 14.4 Å². The molecule has 3 N–H and O–H groups in total. The molecule has 0 unspecified atom stereocenters. The number of imide groups is 1. The molecule has 2 aromatic carbocycles. The maximum Gasteiger partial charge on any atom is 0.344 e. The average Bonchev–Trinajstić information content (AvgIpc) is 2.58. The minimum absolute atomic E-state index is 0.352. The van der Waals surface area contributed by atoms with Crippen molar-refractivity contribution in [2.24, 2.45) is 11.7 Å². The van der Waals surface area contributed by atoms with Crippen molar-refractivity contribution in [2.75, 3.05) is 6.61 Å². The molecule has 0 aliphatic carbocycles. The van der Waals surface area contributed by atoms with Crippen molar-refractivity contribution in [3.8, 4) is 5.75 Å². The van der Waals surface area contributed by atoms with Crippen LogP contribution in [0.5, 0.6) is 5.75 Å². The van der Waals surface area contributed by atoms with E-state index in [1.807, 2.05) is 29.6 Å². The molecule has 0 heterocycles. The second-order valence-corrected chi connectivity index (χ2v) is 6.29. The molecule has 2 aromatic rings. The number of ether oxygens (including phenoxy) is 2. The van der Waals surface area contributed by atoms with Gasteiger partial charge in [0.2, 0.25) is 0 Å². The van der Waals surface area contributed by atoms with Gasteiger partial charge >= 0.3 is 12.0 Å². The molecule has 0 aliphatic heterocycles. The van der Waals surface area contributed by atoms with Gasteiger partial charge in [0, 0.05) is 15.8 Å². The summed E-state index contributed by atoms with van der Waals surface area (Å²) in [5.41, 5.74) is 4.91. The van der Waals surface area contributed by atoms with Gasteiger partial charge in [-0.2, -0.15) is 0 Å². The lowest BCUT2D eigenvalue weighted by atomic mass is 10.1. The summed E-state index contributed by atoms with van der Waals surface area (Å²) in [6.45, 7) is 2.94. The van der Waals surface area contributed by atoms with Crippen LogP contribution in [0.2, 0.25) is 5.02 Å². The fraction of sp³-hybridized carbons (Fsp3) is 0.278. The van der Waals surface area contributed by atoms with Gasteiger partial charge in [0.25, 0.3) is 5.91 Å². The topological polar surface area (TPSA) is 108 Å². The molecule has 138 valence electrons. The normalized spacial score (nSPS) is 11.8. The number of fused-ring (bicyclic) bond motifs is 1. The van der Waals surface area contributed by atoms with Crippen molar-refractivity contribution in [1.82, 2.24) is 5.32 Å². The monoisotopic (exact) mass is 378 g/mol. The van der Waals surface area contributed by atoms with Crippen LogP contribution in [0.4, 0.5) is 4.79 Å². The lowest BCUT2D eigenvalue weighted by Crippen LogP contribution is -2.46. The third kappa shape index (κ3) is 4.86. The lowest BCUT2D eigenvalue weighted by molar-refractivity contribution is -0.160. The van der Waals surface area contributed by atoms with E-state index in [0.717, 1.165) is 10.8 Å². The first-order chi connectivity index (χ1) is 12.3. The first kappa shape index (κ1) is 19.5. The van der Waals surface area contributed by atoms with Crippen LogP contribution < -0.4 is 15.8 Å². The highest BCUT2D eigenvalue weighted by Gasteiger charge is 2.27. The molecule has 0 aromatic heterocycles. The van der Waals surface area contributed by atoms with Crippen LogP contribution in [0.1, 0.15) is 13.8 Å². The number of carbonyl (C=O) groups is 3. The molecule has 0 fully saturated rings. The Kier molecular flexibility index (Phi) is 6.41. The molecular formula is C18H19ClN2O5. The van der Waals surface area contributed by atoms with Crippen LogP contribution in [0, 0.1) is 5.92 Å². The van der Waals surface area contributed by atoms with Crippen LogP contribution >= 0.6 is 11.6 Å². The largest absolute Gasteiger partial charge is 0.481 e. The summed E-state index contributed by atoms with van der Waals surface area (Å²) < 4.78 is 10.6. The van der Waals surface area contributed by atoms with Crippen LogP contribution in [0.25, 0.3) is 10.8 Å². The van der Waals surface area contributed by atoms with Crippen LogP contribution in [0.3, 0.4) is 0 Å². The Bertz CT molecular complexity index is 837. The second kappa shape index (κ2) is 8.53. The number of nitrogens with one attached hydrogen (secondary N) is 1. The maximum atomic E-state index is 12.1. The Morgan fingerprint density at radius 1 is 1.12 bits per heavy atom. The number of urea groups is 1. The smallest absolute Gasteiger partial charge is 0.344 e. The van der Waals surface area contributed by atoms with Crippen molar-refractivity contribution >= 4 is 40.3 Å². The SMILES string of the molecule is CC(C)[C@H](OC(=O)COc1ccc(Cl)c2ccccc12)C(=O)NC(N)=O. The van der Waals surface area contributed by atoms with Gasteiger partial charge in [0.1, 0.15) is 5.75 Å². The zero-order valence-corrected chi connectivity index (χ0v) is 15.1. The fourth-order valence-electron chi connectivity index (χ4n) is 2.36. The predicted octanol–water partition coefficient (Wildman–Crippen LogP) is 2.63. The summed E-state index contributed by atoms with van der Waals surface area (Å²) in [6, 6.07) is 9.63. The minimum Gasteiger partial charge on any atom is -0.481 e. The summed E-state index contributed by atoms with van der Waals surface area (Å²) in [7, 11) is 0. The highest BCUT2D eigenvalue weighted by molar-refractivity contribution is 6.35. The number of esters is 1. The van der Waals surface area contributed by atoms with Crippen molar-refractivity contribution in [3.63, 3.8) is 0 Å². The number of hydrogen-bond acceptors (Lipinski definition) is 5. The Morgan fingerprint density at radius 2 is 1.77 bits per heavy atom. The second-order valence-electron chi connectivity index (χ2n) is 5.89. The van der Waals surface area contributed by atoms with Gasteiger partial charge in [-0.25, -0.2) is 9.59 Å². The highest BCUT2D eigenvalue weighted by Crippen LogP contribution is 2.31. The van der Waals surface area contributed by atoms with Crippen molar-refractivity contribution in [2.45, 2.75) is 20.0 Å². The van der Waals surface area contributed by atoms with E-state index in [2.05, 4.69) is 0 Å². The van der Waals surface area contributed by atoms with Crippen molar-refractivity contribution in [1.29, 1.82) is 0 Å². The zero-order chi connectivity index (χ0) is 19.3. The summed E-state index contributed by atoms with van der Waals surface area (Å²) in [5, 5.41) is 4.01. The first-order valence-corrected chi connectivity index (χ1v) is 8.27. The molecule has 0 saturated carbocycles. The molecule has 26 heavy (non-hydrogen) atoms. The molecular weight excluding hydrogens is 360 g/mol. The molecule has 0 saturated heterocycles. The van der Waals surface area contributed by atoms with Gasteiger partial charge in [0.05, 0.1) is 0 Å². The quantitative estimate of drug-likeness (QED) is 0.751. The molecule has 0 radical (unpaired) electrons. The fourth-order valence-corrected chi connectivity index (χ4v) is 2.59. The molecule has 0 spiro atoms. The molecule has 8 heteroatoms. The lowest BCUT2D eigenvalue weighted by Gasteiger charge is -2.20. The van der Waals surface area contributed by atoms with Gasteiger partial charge < -0.3 is 15.2 Å². The molecule has 1 atom stereocenters. The predicted molar refractivity (Wildman–Crippen MR) is 96.9 cm³/mol. The van der Waals surface area contributed by atoms with Gasteiger partial charge in [-0.3, -0.25) is 10.1 Å². The van der Waals surface area contributed by atoms with E-state index in [1.165, 1.54) is 0 Å². The van der Waals surface area contributed by atoms with Crippen LogP contribution in [0.15, 0.2) is 36.4 Å². The number of halogens is 1. The zero-order valence-electron chi connectivity index (χ0n) is 14.3. The van der Waals surface area contributed by atoms with E-state index >= 15 is 0 Å². The summed E-state index contributed by atoms with van der Waals surface area (Å²) >= 11 is 6.14. The van der Waals surface area contributed by atoms with Crippen molar-refractivity contribution in [3.05, 3.63) is 41.4 Å². The third-order valence-electron chi connectivity index (χ3n) is 3.55.